The minimum absolute atomic E-state index is 0.371. The summed E-state index contributed by atoms with van der Waals surface area (Å²) in [4.78, 5) is 11.8. The van der Waals surface area contributed by atoms with E-state index in [0.717, 1.165) is 4.47 Å². The number of nitrogens with two attached hydrogens (primary N) is 1. The highest BCUT2D eigenvalue weighted by Gasteiger charge is 2.14. The lowest BCUT2D eigenvalue weighted by Gasteiger charge is -2.04. The molecule has 0 radical (unpaired) electrons. The van der Waals surface area contributed by atoms with Gasteiger partial charge in [-0.15, -0.1) is 0 Å². The number of rotatable bonds is 2. The number of aromatic nitrogens is 1. The molecule has 0 aliphatic rings. The van der Waals surface area contributed by atoms with Gasteiger partial charge in [-0.3, -0.25) is 0 Å². The van der Waals surface area contributed by atoms with Gasteiger partial charge >= 0.3 is 5.97 Å². The SMILES string of the molecule is Cn1ccc(C(=O)Oc2ccc(Br)cc2)c1N. The third kappa shape index (κ3) is 2.50. The van der Waals surface area contributed by atoms with Gasteiger partial charge in [0.05, 0.1) is 0 Å². The van der Waals surface area contributed by atoms with Crippen molar-refractivity contribution in [3.8, 4) is 5.75 Å². The summed E-state index contributed by atoms with van der Waals surface area (Å²) in [7, 11) is 1.77. The van der Waals surface area contributed by atoms with E-state index in [1.54, 1.807) is 48.1 Å². The third-order valence-electron chi connectivity index (χ3n) is 2.36. The van der Waals surface area contributed by atoms with Crippen LogP contribution in [-0.2, 0) is 7.05 Å². The quantitative estimate of drug-likeness (QED) is 0.684. The van der Waals surface area contributed by atoms with Crippen LogP contribution < -0.4 is 10.5 Å². The van der Waals surface area contributed by atoms with E-state index in [9.17, 15) is 4.79 Å². The fourth-order valence-corrected chi connectivity index (χ4v) is 1.64. The Hall–Kier alpha value is -1.75. The number of ether oxygens (including phenoxy) is 1. The van der Waals surface area contributed by atoms with E-state index in [1.807, 2.05) is 0 Å². The molecule has 0 saturated carbocycles. The van der Waals surface area contributed by atoms with Gasteiger partial charge in [-0.25, -0.2) is 4.79 Å². The average Bonchev–Trinajstić information content (AvgIpc) is 2.63. The molecule has 1 heterocycles. The minimum atomic E-state index is -0.453. The fraction of sp³-hybridized carbons (Fsp3) is 0.0833. The standard InChI is InChI=1S/C12H11BrN2O2/c1-15-7-6-10(11(15)14)12(16)17-9-4-2-8(13)3-5-9/h2-7H,14H2,1H3. The van der Waals surface area contributed by atoms with Crippen LogP contribution in [0.15, 0.2) is 41.0 Å². The Balaban J connectivity index is 2.17. The summed E-state index contributed by atoms with van der Waals surface area (Å²) < 4.78 is 7.79. The zero-order valence-electron chi connectivity index (χ0n) is 9.18. The Kier molecular flexibility index (Phi) is 3.19. The Bertz CT molecular complexity index is 546. The van der Waals surface area contributed by atoms with Gasteiger partial charge < -0.3 is 15.0 Å². The van der Waals surface area contributed by atoms with Crippen molar-refractivity contribution in [2.45, 2.75) is 0 Å². The molecule has 0 atom stereocenters. The fourth-order valence-electron chi connectivity index (χ4n) is 1.38. The Morgan fingerprint density at radius 1 is 1.29 bits per heavy atom. The number of carbonyl (C=O) groups excluding carboxylic acids is 1. The lowest BCUT2D eigenvalue weighted by molar-refractivity contribution is 0.0736. The molecule has 1 aromatic carbocycles. The smallest absolute Gasteiger partial charge is 0.347 e. The maximum absolute atomic E-state index is 11.8. The van der Waals surface area contributed by atoms with E-state index in [1.165, 1.54) is 0 Å². The number of nitrogens with zero attached hydrogens (tertiary/aromatic N) is 1. The number of aryl methyl sites for hydroxylation is 1. The molecule has 17 heavy (non-hydrogen) atoms. The van der Waals surface area contributed by atoms with Gasteiger partial charge in [-0.05, 0) is 30.3 Å². The van der Waals surface area contributed by atoms with Crippen molar-refractivity contribution in [2.24, 2.45) is 7.05 Å². The first-order valence-corrected chi connectivity index (χ1v) is 5.76. The Morgan fingerprint density at radius 3 is 2.47 bits per heavy atom. The van der Waals surface area contributed by atoms with E-state index >= 15 is 0 Å². The van der Waals surface area contributed by atoms with E-state index in [-0.39, 0.29) is 0 Å². The molecule has 2 aromatic rings. The van der Waals surface area contributed by atoms with Gasteiger partial charge in [-0.2, -0.15) is 0 Å². The van der Waals surface area contributed by atoms with Crippen molar-refractivity contribution in [1.82, 2.24) is 4.57 Å². The van der Waals surface area contributed by atoms with Crippen LogP contribution in [0.3, 0.4) is 0 Å². The summed E-state index contributed by atoms with van der Waals surface area (Å²) in [6.07, 6.45) is 1.72. The lowest BCUT2D eigenvalue weighted by Crippen LogP contribution is -2.10. The van der Waals surface area contributed by atoms with Crippen molar-refractivity contribution in [2.75, 3.05) is 5.73 Å². The first-order chi connectivity index (χ1) is 8.08. The maximum Gasteiger partial charge on any atom is 0.347 e. The zero-order valence-corrected chi connectivity index (χ0v) is 10.8. The number of esters is 1. The summed E-state index contributed by atoms with van der Waals surface area (Å²) in [5.74, 6) is 0.430. The number of carbonyl (C=O) groups is 1. The average molecular weight is 295 g/mol. The van der Waals surface area contributed by atoms with Crippen LogP contribution in [0.5, 0.6) is 5.75 Å². The second-order valence-electron chi connectivity index (χ2n) is 3.57. The van der Waals surface area contributed by atoms with Gasteiger partial charge in [0.2, 0.25) is 0 Å². The van der Waals surface area contributed by atoms with E-state index < -0.39 is 5.97 Å². The molecule has 0 unspecified atom stereocenters. The van der Waals surface area contributed by atoms with Crippen molar-refractivity contribution < 1.29 is 9.53 Å². The molecule has 88 valence electrons. The van der Waals surface area contributed by atoms with Gasteiger partial charge in [0.15, 0.2) is 0 Å². The van der Waals surface area contributed by atoms with Crippen LogP contribution in [0.25, 0.3) is 0 Å². The third-order valence-corrected chi connectivity index (χ3v) is 2.89. The topological polar surface area (TPSA) is 57.2 Å². The van der Waals surface area contributed by atoms with E-state index in [4.69, 9.17) is 10.5 Å². The molecular formula is C12H11BrN2O2. The number of halogens is 1. The number of hydrogen-bond acceptors (Lipinski definition) is 3. The van der Waals surface area contributed by atoms with Gasteiger partial charge in [0.25, 0.3) is 0 Å². The summed E-state index contributed by atoms with van der Waals surface area (Å²) in [6.45, 7) is 0. The Morgan fingerprint density at radius 2 is 1.94 bits per heavy atom. The Labute approximate surface area is 107 Å². The molecule has 2 rings (SSSR count). The monoisotopic (exact) mass is 294 g/mol. The molecule has 0 aliphatic heterocycles. The van der Waals surface area contributed by atoms with Crippen molar-refractivity contribution in [1.29, 1.82) is 0 Å². The second kappa shape index (κ2) is 4.63. The maximum atomic E-state index is 11.8. The second-order valence-corrected chi connectivity index (χ2v) is 4.48. The molecular weight excluding hydrogens is 284 g/mol. The molecule has 0 amide bonds. The van der Waals surface area contributed by atoms with Gasteiger partial charge in [0.1, 0.15) is 17.1 Å². The molecule has 1 aromatic heterocycles. The number of benzene rings is 1. The number of hydrogen-bond donors (Lipinski definition) is 1. The minimum Gasteiger partial charge on any atom is -0.423 e. The van der Waals surface area contributed by atoms with Crippen molar-refractivity contribution in [3.63, 3.8) is 0 Å². The summed E-state index contributed by atoms with van der Waals surface area (Å²) >= 11 is 3.31. The molecule has 4 nitrogen and oxygen atoms in total. The summed E-state index contributed by atoms with van der Waals surface area (Å²) in [6, 6.07) is 8.66. The van der Waals surface area contributed by atoms with Crippen LogP contribution in [0.4, 0.5) is 5.82 Å². The van der Waals surface area contributed by atoms with Crippen LogP contribution >= 0.6 is 15.9 Å². The molecule has 0 spiro atoms. The van der Waals surface area contributed by atoms with Crippen LogP contribution in [0, 0.1) is 0 Å². The van der Waals surface area contributed by atoms with Crippen molar-refractivity contribution in [3.05, 3.63) is 46.6 Å². The lowest BCUT2D eigenvalue weighted by atomic mass is 10.3. The first-order valence-electron chi connectivity index (χ1n) is 4.96. The van der Waals surface area contributed by atoms with Gasteiger partial charge in [0, 0.05) is 17.7 Å². The van der Waals surface area contributed by atoms with E-state index in [2.05, 4.69) is 15.9 Å². The normalized spacial score (nSPS) is 10.2. The molecule has 2 N–H and O–H groups in total. The number of nitrogen functional groups attached to an aromatic ring is 1. The largest absolute Gasteiger partial charge is 0.423 e. The highest BCUT2D eigenvalue weighted by Crippen LogP contribution is 2.19. The predicted octanol–water partition coefficient (Wildman–Crippen LogP) is 2.59. The summed E-state index contributed by atoms with van der Waals surface area (Å²) in [5.41, 5.74) is 6.11. The van der Waals surface area contributed by atoms with Crippen LogP contribution in [-0.4, -0.2) is 10.5 Å². The summed E-state index contributed by atoms with van der Waals surface area (Å²) in [5, 5.41) is 0. The van der Waals surface area contributed by atoms with Crippen molar-refractivity contribution >= 4 is 27.7 Å². The highest BCUT2D eigenvalue weighted by molar-refractivity contribution is 9.10. The molecule has 0 bridgehead atoms. The molecule has 5 heteroatoms. The number of anilines is 1. The molecule has 0 saturated heterocycles. The molecule has 0 aliphatic carbocycles. The van der Waals surface area contributed by atoms with E-state index in [0.29, 0.717) is 17.1 Å². The predicted molar refractivity (Wildman–Crippen MR) is 68.9 cm³/mol. The molecule has 0 fully saturated rings. The van der Waals surface area contributed by atoms with Crippen LogP contribution in [0.1, 0.15) is 10.4 Å². The zero-order chi connectivity index (χ0) is 12.4. The van der Waals surface area contributed by atoms with Gasteiger partial charge in [-0.1, -0.05) is 15.9 Å². The highest BCUT2D eigenvalue weighted by atomic mass is 79.9. The van der Waals surface area contributed by atoms with Crippen LogP contribution in [0.2, 0.25) is 0 Å². The first kappa shape index (κ1) is 11.7.